The molecule has 90 valence electrons. The first-order valence-corrected chi connectivity index (χ1v) is 5.23. The molecule has 1 amide bonds. The van der Waals surface area contributed by atoms with Crippen molar-refractivity contribution in [1.29, 1.82) is 5.26 Å². The Morgan fingerprint density at radius 1 is 1.81 bits per heavy atom. The Balaban J connectivity index is 2.43. The summed E-state index contributed by atoms with van der Waals surface area (Å²) in [5.41, 5.74) is 5.73. The molecule has 1 aliphatic rings. The van der Waals surface area contributed by atoms with Gasteiger partial charge in [0.2, 0.25) is 5.91 Å². The van der Waals surface area contributed by atoms with Gasteiger partial charge in [-0.05, 0) is 6.42 Å². The summed E-state index contributed by atoms with van der Waals surface area (Å²) in [5, 5.41) is 8.71. The standard InChI is InChI=1S/C10H17N3O3/c1-15-4-2-9(12)10(14)13-3-5-16-8(6-11)7-13/h8-9H,2-5,7,12H2,1H3. The van der Waals surface area contributed by atoms with Crippen LogP contribution in [0.4, 0.5) is 0 Å². The Bertz CT molecular complexity index is 277. The van der Waals surface area contributed by atoms with Crippen molar-refractivity contribution in [1.82, 2.24) is 4.90 Å². The number of nitrogens with zero attached hydrogens (tertiary/aromatic N) is 2. The van der Waals surface area contributed by atoms with Gasteiger partial charge in [0.1, 0.15) is 0 Å². The predicted octanol–water partition coefficient (Wildman–Crippen LogP) is -0.899. The van der Waals surface area contributed by atoms with Gasteiger partial charge >= 0.3 is 0 Å². The third kappa shape index (κ3) is 3.45. The van der Waals surface area contributed by atoms with Gasteiger partial charge in [0.15, 0.2) is 6.10 Å². The highest BCUT2D eigenvalue weighted by Gasteiger charge is 2.27. The summed E-state index contributed by atoms with van der Waals surface area (Å²) >= 11 is 0. The first-order valence-electron chi connectivity index (χ1n) is 5.23. The topological polar surface area (TPSA) is 88.6 Å². The van der Waals surface area contributed by atoms with E-state index in [2.05, 4.69) is 0 Å². The van der Waals surface area contributed by atoms with E-state index in [1.165, 1.54) is 0 Å². The molecule has 16 heavy (non-hydrogen) atoms. The molecule has 2 atom stereocenters. The number of methoxy groups -OCH3 is 1. The first kappa shape index (κ1) is 12.9. The van der Waals surface area contributed by atoms with Crippen LogP contribution in [0.5, 0.6) is 0 Å². The number of carbonyl (C=O) groups excluding carboxylic acids is 1. The van der Waals surface area contributed by atoms with Gasteiger partial charge in [-0.3, -0.25) is 4.79 Å². The minimum atomic E-state index is -0.558. The fourth-order valence-corrected chi connectivity index (χ4v) is 1.53. The van der Waals surface area contributed by atoms with E-state index in [0.717, 1.165) is 0 Å². The lowest BCUT2D eigenvalue weighted by atomic mass is 10.2. The molecule has 1 fully saturated rings. The van der Waals surface area contributed by atoms with Crippen molar-refractivity contribution < 1.29 is 14.3 Å². The van der Waals surface area contributed by atoms with E-state index in [1.54, 1.807) is 12.0 Å². The molecule has 0 saturated carbocycles. The van der Waals surface area contributed by atoms with Crippen molar-refractivity contribution in [3.63, 3.8) is 0 Å². The average Bonchev–Trinajstić information content (AvgIpc) is 2.35. The fraction of sp³-hybridized carbons (Fsp3) is 0.800. The van der Waals surface area contributed by atoms with Gasteiger partial charge in [-0.15, -0.1) is 0 Å². The SMILES string of the molecule is COCCC(N)C(=O)N1CCOC(C#N)C1. The second kappa shape index (κ2) is 6.43. The van der Waals surface area contributed by atoms with Gasteiger partial charge in [0, 0.05) is 20.3 Å². The Morgan fingerprint density at radius 2 is 2.56 bits per heavy atom. The van der Waals surface area contributed by atoms with E-state index in [1.807, 2.05) is 6.07 Å². The molecule has 0 aromatic carbocycles. The van der Waals surface area contributed by atoms with Crippen LogP contribution in [-0.4, -0.2) is 56.4 Å². The summed E-state index contributed by atoms with van der Waals surface area (Å²) in [7, 11) is 1.57. The molecule has 2 N–H and O–H groups in total. The molecule has 6 heteroatoms. The molecule has 1 rings (SSSR count). The lowest BCUT2D eigenvalue weighted by Crippen LogP contribution is -2.51. The number of nitrogens with two attached hydrogens (primary N) is 1. The summed E-state index contributed by atoms with van der Waals surface area (Å²) in [6.07, 6.45) is -0.0449. The van der Waals surface area contributed by atoms with E-state index < -0.39 is 12.1 Å². The number of carbonyl (C=O) groups is 1. The highest BCUT2D eigenvalue weighted by molar-refractivity contribution is 5.81. The third-order valence-corrected chi connectivity index (χ3v) is 2.47. The molecule has 0 radical (unpaired) electrons. The van der Waals surface area contributed by atoms with Crippen LogP contribution in [-0.2, 0) is 14.3 Å². The lowest BCUT2D eigenvalue weighted by Gasteiger charge is -2.31. The zero-order valence-corrected chi connectivity index (χ0v) is 9.39. The van der Waals surface area contributed by atoms with E-state index in [4.69, 9.17) is 20.5 Å². The quantitative estimate of drug-likeness (QED) is 0.672. The number of nitriles is 1. The highest BCUT2D eigenvalue weighted by Crippen LogP contribution is 2.06. The molecule has 1 saturated heterocycles. The van der Waals surface area contributed by atoms with Crippen LogP contribution in [0.25, 0.3) is 0 Å². The second-order valence-corrected chi connectivity index (χ2v) is 3.66. The van der Waals surface area contributed by atoms with E-state index in [0.29, 0.717) is 32.7 Å². The van der Waals surface area contributed by atoms with Crippen molar-refractivity contribution in [3.8, 4) is 6.07 Å². The Kier molecular flexibility index (Phi) is 5.19. The number of hydrogen-bond donors (Lipinski definition) is 1. The van der Waals surface area contributed by atoms with E-state index in [-0.39, 0.29) is 5.91 Å². The second-order valence-electron chi connectivity index (χ2n) is 3.66. The lowest BCUT2D eigenvalue weighted by molar-refractivity contribution is -0.138. The Hall–Kier alpha value is -1.16. The van der Waals surface area contributed by atoms with Crippen molar-refractivity contribution in [3.05, 3.63) is 0 Å². The van der Waals surface area contributed by atoms with Crippen LogP contribution in [0.2, 0.25) is 0 Å². The smallest absolute Gasteiger partial charge is 0.239 e. The summed E-state index contributed by atoms with van der Waals surface area (Å²) < 4.78 is 10.0. The molecular formula is C10H17N3O3. The largest absolute Gasteiger partial charge is 0.385 e. The zero-order chi connectivity index (χ0) is 12.0. The Morgan fingerprint density at radius 3 is 3.19 bits per heavy atom. The molecule has 2 unspecified atom stereocenters. The van der Waals surface area contributed by atoms with Crippen LogP contribution < -0.4 is 5.73 Å². The van der Waals surface area contributed by atoms with Gasteiger partial charge in [0.05, 0.1) is 25.3 Å². The van der Waals surface area contributed by atoms with E-state index >= 15 is 0 Å². The summed E-state index contributed by atoms with van der Waals surface area (Å²) in [5.74, 6) is -0.138. The third-order valence-electron chi connectivity index (χ3n) is 2.47. The number of rotatable bonds is 4. The van der Waals surface area contributed by atoms with Crippen LogP contribution in [0.1, 0.15) is 6.42 Å². The molecule has 0 spiro atoms. The average molecular weight is 227 g/mol. The molecule has 1 heterocycles. The molecule has 6 nitrogen and oxygen atoms in total. The van der Waals surface area contributed by atoms with Crippen LogP contribution in [0, 0.1) is 11.3 Å². The maximum Gasteiger partial charge on any atom is 0.239 e. The number of ether oxygens (including phenoxy) is 2. The maximum atomic E-state index is 11.8. The maximum absolute atomic E-state index is 11.8. The zero-order valence-electron chi connectivity index (χ0n) is 9.39. The van der Waals surface area contributed by atoms with Gasteiger partial charge < -0.3 is 20.1 Å². The molecule has 0 aromatic rings. The molecule has 0 bridgehead atoms. The molecule has 1 aliphatic heterocycles. The van der Waals surface area contributed by atoms with Crippen LogP contribution in [0.15, 0.2) is 0 Å². The normalized spacial score (nSPS) is 22.6. The fourth-order valence-electron chi connectivity index (χ4n) is 1.53. The summed E-state index contributed by atoms with van der Waals surface area (Å²) in [6, 6.07) is 1.43. The molecule has 0 aliphatic carbocycles. The van der Waals surface area contributed by atoms with Gasteiger partial charge in [-0.1, -0.05) is 0 Å². The van der Waals surface area contributed by atoms with Crippen molar-refractivity contribution in [2.45, 2.75) is 18.6 Å². The van der Waals surface area contributed by atoms with Gasteiger partial charge in [-0.2, -0.15) is 5.26 Å². The minimum absolute atomic E-state index is 0.138. The number of morpholine rings is 1. The monoisotopic (exact) mass is 227 g/mol. The Labute approximate surface area is 94.9 Å². The van der Waals surface area contributed by atoms with Gasteiger partial charge in [-0.25, -0.2) is 0 Å². The van der Waals surface area contributed by atoms with Crippen LogP contribution >= 0.6 is 0 Å². The van der Waals surface area contributed by atoms with Gasteiger partial charge in [0.25, 0.3) is 0 Å². The first-order chi connectivity index (χ1) is 7.69. The van der Waals surface area contributed by atoms with Crippen molar-refractivity contribution >= 4 is 5.91 Å². The number of hydrogen-bond acceptors (Lipinski definition) is 5. The number of amides is 1. The van der Waals surface area contributed by atoms with Crippen molar-refractivity contribution in [2.24, 2.45) is 5.73 Å². The molecule has 0 aromatic heterocycles. The van der Waals surface area contributed by atoms with E-state index in [9.17, 15) is 4.79 Å². The summed E-state index contributed by atoms with van der Waals surface area (Å²) in [4.78, 5) is 13.4. The highest BCUT2D eigenvalue weighted by atomic mass is 16.5. The minimum Gasteiger partial charge on any atom is -0.385 e. The van der Waals surface area contributed by atoms with Crippen molar-refractivity contribution in [2.75, 3.05) is 33.4 Å². The predicted molar refractivity (Wildman–Crippen MR) is 56.4 cm³/mol. The van der Waals surface area contributed by atoms with Crippen LogP contribution in [0.3, 0.4) is 0 Å². The summed E-state index contributed by atoms with van der Waals surface area (Å²) in [6.45, 7) is 1.65. The molecular weight excluding hydrogens is 210 g/mol.